The quantitative estimate of drug-likeness (QED) is 0.0274. The molecule has 36 heteroatoms. The van der Waals surface area contributed by atoms with E-state index in [9.17, 15) is 24.3 Å². The summed E-state index contributed by atoms with van der Waals surface area (Å²) in [6.45, 7) is 19.9. The number of anilines is 4. The molecule has 0 saturated carbocycles. The van der Waals surface area contributed by atoms with Crippen LogP contribution in [0.3, 0.4) is 0 Å². The van der Waals surface area contributed by atoms with Crippen molar-refractivity contribution in [3.05, 3.63) is 283 Å². The Morgan fingerprint density at radius 3 is 1.03 bits per heavy atom. The molecule has 658 valence electrons. The zero-order valence-corrected chi connectivity index (χ0v) is 73.5. The van der Waals surface area contributed by atoms with Gasteiger partial charge in [0.2, 0.25) is 0 Å². The van der Waals surface area contributed by atoms with Gasteiger partial charge in [0.15, 0.2) is 0 Å². The fourth-order valence-corrected chi connectivity index (χ4v) is 14.7. The van der Waals surface area contributed by atoms with Gasteiger partial charge in [0.05, 0.1) is 102 Å². The highest BCUT2D eigenvalue weighted by Crippen LogP contribution is 2.31. The Hall–Kier alpha value is -14.4. The number of likely N-dealkylation sites (N-methyl/N-ethyl adjacent to an activating group) is 3. The van der Waals surface area contributed by atoms with Crippen LogP contribution in [0.1, 0.15) is 47.5 Å². The molecule has 3 saturated heterocycles. The molecule has 35 nitrogen and oxygen atoms in total. The monoisotopic (exact) mass is 1790 g/mol. The lowest BCUT2D eigenvalue weighted by Gasteiger charge is -2.32. The number of aliphatic hydroxyl groups is 1. The third-order valence-corrected chi connectivity index (χ3v) is 22.0. The van der Waals surface area contributed by atoms with Crippen molar-refractivity contribution in [2.75, 3.05) is 147 Å². The van der Waals surface area contributed by atoms with E-state index >= 15 is 0 Å². The minimum atomic E-state index is -0.360. The minimum Gasteiger partial charge on any atom is -0.394 e. The van der Waals surface area contributed by atoms with E-state index in [0.29, 0.717) is 114 Å². The number of carbonyl (C=O) groups is 4. The second-order valence-electron chi connectivity index (χ2n) is 31.0. The normalized spacial score (nSPS) is 13.9. The molecule has 0 atom stereocenters. The summed E-state index contributed by atoms with van der Waals surface area (Å²) in [6, 6.07) is 49.4. The summed E-state index contributed by atoms with van der Waals surface area (Å²) >= 11 is 3.31. The maximum Gasteiger partial charge on any atom is 0.274 e. The zero-order valence-electron chi connectivity index (χ0n) is 72.0. The molecule has 18 heterocycles. The summed E-state index contributed by atoms with van der Waals surface area (Å²) < 4.78 is 7.84. The van der Waals surface area contributed by atoms with Crippen LogP contribution in [0.25, 0.3) is 79.3 Å². The maximum absolute atomic E-state index is 13.2. The first-order chi connectivity index (χ1) is 63.0. The van der Waals surface area contributed by atoms with Crippen LogP contribution in [0.15, 0.2) is 255 Å². The highest BCUT2D eigenvalue weighted by atomic mass is 79.9. The summed E-state index contributed by atoms with van der Waals surface area (Å²) in [4.78, 5) is 110. The molecule has 0 spiro atoms. The Bertz CT molecular complexity index is 6160. The van der Waals surface area contributed by atoms with Crippen molar-refractivity contribution in [1.29, 1.82) is 0 Å². The number of nitrogens with zero attached hydrogens (tertiary/aromatic N) is 25. The van der Waals surface area contributed by atoms with Gasteiger partial charge in [-0.15, -0.1) is 0 Å². The molecule has 0 bridgehead atoms. The lowest BCUT2D eigenvalue weighted by molar-refractivity contribution is 0.101. The van der Waals surface area contributed by atoms with Gasteiger partial charge in [0, 0.05) is 195 Å². The molecule has 18 rings (SSSR count). The Labute approximate surface area is 754 Å². The third kappa shape index (κ3) is 24.9. The second kappa shape index (κ2) is 44.2. The third-order valence-electron chi connectivity index (χ3n) is 21.6. The first kappa shape index (κ1) is 89.5. The van der Waals surface area contributed by atoms with Gasteiger partial charge in [-0.1, -0.05) is 48.5 Å². The predicted octanol–water partition coefficient (Wildman–Crippen LogP) is 10.7. The summed E-state index contributed by atoms with van der Waals surface area (Å²) in [5.74, 6) is -1.25. The second-order valence-corrected chi connectivity index (χ2v) is 31.8. The highest BCUT2D eigenvalue weighted by molar-refractivity contribution is 9.10. The molecule has 0 unspecified atom stereocenters. The van der Waals surface area contributed by atoms with Gasteiger partial charge in [0.25, 0.3) is 23.6 Å². The number of carbonyl (C=O) groups excluding carboxylic acids is 4. The Balaban J connectivity index is 0.000000133. The van der Waals surface area contributed by atoms with E-state index in [0.717, 1.165) is 140 Å². The van der Waals surface area contributed by atoms with Crippen molar-refractivity contribution in [2.24, 2.45) is 0 Å². The molecule has 129 heavy (non-hydrogen) atoms. The average Bonchev–Trinajstić information content (AvgIpc) is 1.52. The van der Waals surface area contributed by atoms with Crippen LogP contribution in [0, 0.1) is 6.92 Å². The van der Waals surface area contributed by atoms with E-state index in [2.05, 4.69) is 153 Å². The Morgan fingerprint density at radius 1 is 0.357 bits per heavy atom. The first-order valence-corrected chi connectivity index (χ1v) is 43.2. The molecule has 3 aliphatic heterocycles. The SMILES string of the molecule is CN1CCN(CCn2cc(NC(=O)c3cccc(-c4cn[nH]c4)n3)c(-c3ccccn3)n2)CC1.CN1CCN(CCn2cc(NC(=O)c3cccc(Br)n3)c(-c3ccccn3)n2)CC1.Cc1cncc(-c2cccc(C(=O)Nc3cn(CCN4CCN(C)CC4)nc3-c3ccccn3)n2)c1.O=C(Nc1cn(CCO)nc1-c1ccccn1)c1cccc(-c2ccncc2)n1. The average molecular weight is 1800 g/mol. The molecule has 3 fully saturated rings. The van der Waals surface area contributed by atoms with E-state index in [1.165, 1.54) is 0 Å². The van der Waals surface area contributed by atoms with Crippen LogP contribution in [-0.4, -0.2) is 283 Å². The number of piperazine rings is 3. The fraction of sp³-hybridized carbons (Fsp3) is 0.258. The Morgan fingerprint density at radius 2 is 0.698 bits per heavy atom. The van der Waals surface area contributed by atoms with E-state index in [-0.39, 0.29) is 35.9 Å². The largest absolute Gasteiger partial charge is 0.394 e. The maximum atomic E-state index is 13.2. The summed E-state index contributed by atoms with van der Waals surface area (Å²) in [7, 11) is 6.46. The molecule has 15 aromatic rings. The number of H-pyrrole nitrogens is 1. The van der Waals surface area contributed by atoms with E-state index in [4.69, 9.17) is 15.3 Å². The standard InChI is InChI=1S/C27H30N8O.C24H27N9O.C21H24BrN7O.C21H18N6O2/c1-20-16-21(18-28-17-20)22-7-5-8-24(30-22)27(36)31-25-19-35(15-14-34-12-10-33(2)11-13-34)32-26(25)23-6-3-4-9-29-23;1-31-9-11-32(12-10-31)13-14-33-17-22(23(30-33)20-5-2-3-8-25-20)29-24(34)21-7-4-6-19(28-21)18-15-26-27-16-18;1-27-9-11-28(12-10-27)13-14-29-15-18(20(26-29)16-5-2-3-8-23-16)25-21(30)17-6-4-7-19(22)24-17;28-13-12-27-14-19(20(26-27)17-4-1-2-9-23-17)25-21(29)18-6-3-5-16(24-18)15-7-10-22-11-8-15/h3-9,16-19H,10-15H2,1-2H3,(H,31,36);2-8,15-17H,9-14H2,1H3,(H,26,27)(H,29,34);2-8,15H,9-14H2,1H3,(H,25,30);1-11,14,28H,12-13H2,(H,25,29). The first-order valence-electron chi connectivity index (χ1n) is 42.4. The number of aromatic nitrogens is 20. The highest BCUT2D eigenvalue weighted by Gasteiger charge is 2.25. The van der Waals surface area contributed by atoms with Crippen molar-refractivity contribution in [3.8, 4) is 79.3 Å². The van der Waals surface area contributed by atoms with Crippen LogP contribution >= 0.6 is 15.9 Å². The number of amides is 4. The summed E-state index contributed by atoms with van der Waals surface area (Å²) in [5.41, 5.74) is 14.5. The van der Waals surface area contributed by atoms with Crippen molar-refractivity contribution in [2.45, 2.75) is 33.1 Å². The van der Waals surface area contributed by atoms with Crippen molar-refractivity contribution in [3.63, 3.8) is 0 Å². The number of halogens is 1. The number of hydrogen-bond acceptors (Lipinski definition) is 26. The van der Waals surface area contributed by atoms with Gasteiger partial charge in [-0.05, 0) is 165 Å². The molecule has 0 aliphatic carbocycles. The number of aliphatic hydroxyl groups excluding tert-OH is 1. The molecular weight excluding hydrogens is 1700 g/mol. The minimum absolute atomic E-state index is 0.0632. The van der Waals surface area contributed by atoms with Crippen molar-refractivity contribution in [1.82, 2.24) is 129 Å². The van der Waals surface area contributed by atoms with Crippen LogP contribution < -0.4 is 21.3 Å². The topological polar surface area (TPSA) is 385 Å². The van der Waals surface area contributed by atoms with E-state index < -0.39 is 0 Å². The fourth-order valence-electron chi connectivity index (χ4n) is 14.4. The van der Waals surface area contributed by atoms with Gasteiger partial charge in [0.1, 0.15) is 50.2 Å². The van der Waals surface area contributed by atoms with Crippen LogP contribution in [0.2, 0.25) is 0 Å². The smallest absolute Gasteiger partial charge is 0.274 e. The lowest BCUT2D eigenvalue weighted by Crippen LogP contribution is -2.45. The molecule has 4 amide bonds. The summed E-state index contributed by atoms with van der Waals surface area (Å²) in [6.07, 6.45) is 24.4. The van der Waals surface area contributed by atoms with Crippen LogP contribution in [0.5, 0.6) is 0 Å². The van der Waals surface area contributed by atoms with Gasteiger partial charge >= 0.3 is 0 Å². The molecule has 6 N–H and O–H groups in total. The van der Waals surface area contributed by atoms with Gasteiger partial charge < -0.3 is 41.1 Å². The number of aromatic amines is 1. The van der Waals surface area contributed by atoms with E-state index in [1.807, 2.05) is 155 Å². The van der Waals surface area contributed by atoms with Crippen LogP contribution in [0.4, 0.5) is 22.7 Å². The van der Waals surface area contributed by atoms with Gasteiger partial charge in [-0.25, -0.2) is 19.9 Å². The summed E-state index contributed by atoms with van der Waals surface area (Å²) in [5, 5.41) is 46.4. The van der Waals surface area contributed by atoms with Crippen LogP contribution in [-0.2, 0) is 26.2 Å². The van der Waals surface area contributed by atoms with Gasteiger partial charge in [-0.3, -0.25) is 87.6 Å². The molecule has 0 aromatic carbocycles. The van der Waals surface area contributed by atoms with Crippen molar-refractivity contribution < 1.29 is 24.3 Å². The molecule has 0 radical (unpaired) electrons. The molecular formula is C93H99BrN30O5. The predicted molar refractivity (Wildman–Crippen MR) is 496 cm³/mol. The number of hydrogen-bond donors (Lipinski definition) is 6. The molecule has 3 aliphatic rings. The number of nitrogens with one attached hydrogen (secondary N) is 5. The Kier molecular flexibility index (Phi) is 30.6. The number of pyridine rings is 10. The molecule has 15 aromatic heterocycles. The number of aryl methyl sites for hydroxylation is 1. The number of rotatable bonds is 26. The lowest BCUT2D eigenvalue weighted by atomic mass is 10.1. The van der Waals surface area contributed by atoms with E-state index in [1.54, 1.807) is 121 Å². The zero-order chi connectivity index (χ0) is 89.2. The van der Waals surface area contributed by atoms with Crippen molar-refractivity contribution >= 4 is 62.3 Å². The van der Waals surface area contributed by atoms with Gasteiger partial charge in [-0.2, -0.15) is 25.5 Å².